The molecule has 6 N–H and O–H groups in total. The molecule has 0 radical (unpaired) electrons. The van der Waals surface area contributed by atoms with Gasteiger partial charge in [-0.3, -0.25) is 37.6 Å². The van der Waals surface area contributed by atoms with E-state index in [1.54, 1.807) is 143 Å². The highest BCUT2D eigenvalue weighted by Crippen LogP contribution is 2.52. The molecule has 0 saturated heterocycles. The monoisotopic (exact) mass is 1330 g/mol. The number of benzene rings is 4. The van der Waals surface area contributed by atoms with E-state index in [0.29, 0.717) is 84.5 Å². The molecule has 0 bridgehead atoms. The Hall–Kier alpha value is -9.70. The lowest BCUT2D eigenvalue weighted by Gasteiger charge is -2.26. The molecular formula is C69H65N5O15S4+2. The van der Waals surface area contributed by atoms with E-state index >= 15 is 0 Å². The number of para-hydroxylation sites is 1. The Labute approximate surface area is 540 Å². The number of nitrogens with one attached hydrogen (secondary N) is 1. The van der Waals surface area contributed by atoms with Crippen molar-refractivity contribution in [3.63, 3.8) is 0 Å². The molecule has 478 valence electrons. The van der Waals surface area contributed by atoms with Crippen molar-refractivity contribution >= 4 is 86.5 Å². The zero-order valence-electron chi connectivity index (χ0n) is 51.8. The van der Waals surface area contributed by atoms with Gasteiger partial charge in [-0.1, -0.05) is 123 Å². The SMILES string of the molecule is C=C=C=C(N1/C(=C/C=C/C2=[N+](C(=C=C=C)S(=O)(=O)O)c3ccccc3C2(C)C)C(C)(C)c2cc(CNC(=O)Cc3ccc4c(c3)C(C)(C)C(/C=C/C=C/C=C3/N(C(=C=C=C)S(=O)(=O)O)c5ccc(CC(=O)O)cc5C3(C)C)=[N+]4C(=C=C=C)S(=O)(=O)O)ccc21)S(=O)(=O)O. The summed E-state index contributed by atoms with van der Waals surface area (Å²) in [7, 11) is -19.9. The molecule has 0 spiro atoms. The maximum absolute atomic E-state index is 14.0. The Morgan fingerprint density at radius 3 is 1.40 bits per heavy atom. The van der Waals surface area contributed by atoms with Crippen LogP contribution in [0.1, 0.15) is 94.3 Å². The summed E-state index contributed by atoms with van der Waals surface area (Å²) in [5.41, 5.74) is 21.5. The summed E-state index contributed by atoms with van der Waals surface area (Å²) in [6, 6.07) is 21.7. The van der Waals surface area contributed by atoms with Gasteiger partial charge in [0.1, 0.15) is 0 Å². The third kappa shape index (κ3) is 13.4. The summed E-state index contributed by atoms with van der Waals surface area (Å²) >= 11 is 0. The third-order valence-electron chi connectivity index (χ3n) is 16.3. The van der Waals surface area contributed by atoms with Crippen molar-refractivity contribution in [2.45, 2.75) is 96.4 Å². The number of carbonyl (C=O) groups excluding carboxylic acids is 1. The Kier molecular flexibility index (Phi) is 18.9. The average Bonchev–Trinajstić information content (AvgIpc) is 1.61. The van der Waals surface area contributed by atoms with Gasteiger partial charge >= 0.3 is 56.5 Å². The lowest BCUT2D eigenvalue weighted by molar-refractivity contribution is -0.367. The van der Waals surface area contributed by atoms with Crippen LogP contribution >= 0.6 is 0 Å². The van der Waals surface area contributed by atoms with E-state index < -0.39 is 94.1 Å². The van der Waals surface area contributed by atoms with Gasteiger partial charge in [0.15, 0.2) is 11.4 Å². The lowest BCUT2D eigenvalue weighted by Crippen LogP contribution is -2.29. The quantitative estimate of drug-likeness (QED) is 0.0220. The molecule has 0 fully saturated rings. The predicted molar refractivity (Wildman–Crippen MR) is 354 cm³/mol. The van der Waals surface area contributed by atoms with Crippen molar-refractivity contribution in [3.8, 4) is 0 Å². The standard InChI is InChI=1S/C69H63N5O15S4/c1-13-23-61(90(78,79)80)71-52-28-21-20-27-48(52)66(5,6)58(71)31-22-32-59-69(11,12)51-41-47(35-38-55(51)74(59)64(26-16-4)93(87,88)89)44-70-60(75)42-45-33-36-53-49(39-45)67(7,8)56(72(53)62(24-14-2)91(81,82)83)29-18-17-19-30-57-68(9,10)50-40-46(43-65(76)77)34-37-54(50)73(57)63(25-15-3)92(84,85)86/h17-22,27-41H,1-4,42-44H2,5-12H3,(H4-2,70,75,76,77,78,79,80,81,82,83,84,85,86,87,88,89)/p+2. The normalized spacial score (nSPS) is 17.4. The fourth-order valence-corrected chi connectivity index (χ4v) is 14.5. The molecule has 4 aliphatic heterocycles. The largest absolute Gasteiger partial charge is 0.481 e. The summed E-state index contributed by atoms with van der Waals surface area (Å²) in [6.07, 6.45) is 12.2. The molecule has 0 unspecified atom stereocenters. The number of nitrogens with zero attached hydrogens (tertiary/aromatic N) is 4. The van der Waals surface area contributed by atoms with Crippen LogP contribution < -0.4 is 15.1 Å². The minimum absolute atomic E-state index is 0.0186. The van der Waals surface area contributed by atoms with Crippen molar-refractivity contribution < 1.29 is 75.7 Å². The predicted octanol–water partition coefficient (Wildman–Crippen LogP) is 10.6. The number of fused-ring (bicyclic) bond motifs is 4. The number of hydrogen-bond acceptors (Lipinski definition) is 12. The number of carboxylic acid groups (broad SMARTS) is 1. The molecule has 93 heavy (non-hydrogen) atoms. The molecule has 20 nitrogen and oxygen atoms in total. The molecule has 0 aliphatic carbocycles. The maximum atomic E-state index is 14.0. The van der Waals surface area contributed by atoms with Gasteiger partial charge in [0.05, 0.1) is 35.0 Å². The van der Waals surface area contributed by atoms with E-state index in [4.69, 9.17) is 0 Å². The summed E-state index contributed by atoms with van der Waals surface area (Å²) in [6.45, 7) is 28.3. The highest BCUT2D eigenvalue weighted by Gasteiger charge is 2.51. The van der Waals surface area contributed by atoms with Crippen LogP contribution in [0.3, 0.4) is 0 Å². The smallest absolute Gasteiger partial charge is 0.382 e. The maximum Gasteiger partial charge on any atom is 0.382 e. The molecule has 4 aromatic carbocycles. The first kappa shape index (κ1) is 69.2. The van der Waals surface area contributed by atoms with Gasteiger partial charge in [0, 0.05) is 75.6 Å². The number of amides is 1. The van der Waals surface area contributed by atoms with Crippen LogP contribution in [-0.2, 0) is 91.1 Å². The minimum atomic E-state index is -5.02. The Bertz CT molecular complexity index is 5100. The van der Waals surface area contributed by atoms with Crippen molar-refractivity contribution in [2.24, 2.45) is 0 Å². The van der Waals surface area contributed by atoms with Gasteiger partial charge in [-0.2, -0.15) is 33.7 Å². The van der Waals surface area contributed by atoms with Gasteiger partial charge in [-0.25, -0.2) is 0 Å². The highest BCUT2D eigenvalue weighted by molar-refractivity contribution is 7.90. The number of carboxylic acids is 1. The summed E-state index contributed by atoms with van der Waals surface area (Å²) in [5.74, 6) is -1.51. The molecule has 0 aromatic heterocycles. The number of rotatable bonds is 19. The third-order valence-corrected chi connectivity index (χ3v) is 19.4. The van der Waals surface area contributed by atoms with E-state index in [1.165, 1.54) is 25.0 Å². The van der Waals surface area contributed by atoms with Crippen molar-refractivity contribution in [3.05, 3.63) is 270 Å². The number of anilines is 2. The zero-order chi connectivity index (χ0) is 68.8. The number of carbonyl (C=O) groups is 2. The van der Waals surface area contributed by atoms with Crippen molar-refractivity contribution in [1.29, 1.82) is 0 Å². The molecule has 8 rings (SSSR count). The zero-order valence-corrected chi connectivity index (χ0v) is 55.1. The van der Waals surface area contributed by atoms with E-state index in [1.807, 2.05) is 33.8 Å². The van der Waals surface area contributed by atoms with Gasteiger partial charge in [-0.15, -0.1) is 9.15 Å². The first-order valence-corrected chi connectivity index (χ1v) is 33.9. The van der Waals surface area contributed by atoms with Gasteiger partial charge in [-0.05, 0) is 124 Å². The van der Waals surface area contributed by atoms with Crippen LogP contribution in [0.5, 0.6) is 0 Å². The Balaban J connectivity index is 1.09. The van der Waals surface area contributed by atoms with Crippen LogP contribution in [0.2, 0.25) is 0 Å². The molecular weight excluding hydrogens is 1270 g/mol. The second kappa shape index (κ2) is 25.4. The van der Waals surface area contributed by atoms with Crippen LogP contribution in [0.4, 0.5) is 22.7 Å². The number of hydrogen-bond donors (Lipinski definition) is 6. The van der Waals surface area contributed by atoms with Crippen LogP contribution in [-0.4, -0.2) is 89.4 Å². The van der Waals surface area contributed by atoms with Crippen molar-refractivity contribution in [1.82, 2.24) is 5.32 Å². The fraction of sp³-hybridized carbons (Fsp3) is 0.217. The Morgan fingerprint density at radius 2 is 0.914 bits per heavy atom. The number of allylic oxidation sites excluding steroid dienone is 10. The van der Waals surface area contributed by atoms with Crippen LogP contribution in [0, 0.1) is 0 Å². The van der Waals surface area contributed by atoms with Crippen molar-refractivity contribution in [2.75, 3.05) is 9.80 Å². The van der Waals surface area contributed by atoms with E-state index in [9.17, 15) is 66.6 Å². The topological polar surface area (TPSA) is 296 Å². The highest BCUT2D eigenvalue weighted by atomic mass is 32.2. The van der Waals surface area contributed by atoms with Crippen LogP contribution in [0.25, 0.3) is 0 Å². The first-order chi connectivity index (χ1) is 43.3. The van der Waals surface area contributed by atoms with E-state index in [0.717, 1.165) is 0 Å². The fourth-order valence-electron chi connectivity index (χ4n) is 12.0. The van der Waals surface area contributed by atoms with E-state index in [-0.39, 0.29) is 19.4 Å². The van der Waals surface area contributed by atoms with Crippen LogP contribution in [0.15, 0.2) is 231 Å². The summed E-state index contributed by atoms with van der Waals surface area (Å²) in [5, 5.41) is 9.73. The molecule has 4 aliphatic rings. The summed E-state index contributed by atoms with van der Waals surface area (Å²) < 4.78 is 148. The second-order valence-corrected chi connectivity index (χ2v) is 29.1. The van der Waals surface area contributed by atoms with Gasteiger partial charge < -0.3 is 10.4 Å². The Morgan fingerprint density at radius 1 is 0.495 bits per heavy atom. The summed E-state index contributed by atoms with van der Waals surface area (Å²) in [4.78, 5) is 28.1. The minimum Gasteiger partial charge on any atom is -0.481 e. The molecule has 24 heteroatoms. The average molecular weight is 1330 g/mol. The first-order valence-electron chi connectivity index (χ1n) is 28.2. The van der Waals surface area contributed by atoms with Gasteiger partial charge in [0.25, 0.3) is 0 Å². The van der Waals surface area contributed by atoms with Gasteiger partial charge in [0.2, 0.25) is 27.3 Å². The van der Waals surface area contributed by atoms with E-state index in [2.05, 4.69) is 77.5 Å². The second-order valence-electron chi connectivity index (χ2n) is 23.7. The molecule has 4 heterocycles. The number of aliphatic carboxylic acids is 1. The molecule has 4 aromatic rings. The lowest BCUT2D eigenvalue weighted by atomic mass is 9.80. The molecule has 0 atom stereocenters. The molecule has 0 saturated carbocycles. The molecule has 1 amide bonds.